The maximum Gasteiger partial charge on any atom is 0.268 e. The van der Waals surface area contributed by atoms with E-state index >= 15 is 0 Å². The molecular weight excluding hydrogens is 440 g/mol. The van der Waals surface area contributed by atoms with Crippen LogP contribution in [0.15, 0.2) is 88.1 Å². The molecule has 30 heavy (non-hydrogen) atoms. The predicted octanol–water partition coefficient (Wildman–Crippen LogP) is 5.84. The molecule has 152 valence electrons. The molecule has 4 aromatic rings. The van der Waals surface area contributed by atoms with Crippen molar-refractivity contribution in [3.05, 3.63) is 106 Å². The molecule has 0 spiro atoms. The summed E-state index contributed by atoms with van der Waals surface area (Å²) in [6.45, 7) is 3.20. The summed E-state index contributed by atoms with van der Waals surface area (Å²) in [6.07, 6.45) is 4.43. The Labute approximate surface area is 184 Å². The van der Waals surface area contributed by atoms with Gasteiger partial charge in [-0.15, -0.1) is 0 Å². The monoisotopic (exact) mass is 462 g/mol. The van der Waals surface area contributed by atoms with Crippen LogP contribution in [0.1, 0.15) is 27.2 Å². The number of rotatable bonds is 7. The minimum absolute atomic E-state index is 0.0949. The molecule has 1 amide bonds. The van der Waals surface area contributed by atoms with Crippen molar-refractivity contribution in [2.24, 2.45) is 0 Å². The summed E-state index contributed by atoms with van der Waals surface area (Å²) in [5.74, 6) is 0.611. The topological polar surface area (TPSA) is 47.2 Å². The van der Waals surface area contributed by atoms with Crippen molar-refractivity contribution >= 4 is 21.8 Å². The number of hydrogen-bond donors (Lipinski definition) is 1. The molecule has 2 aromatic carbocycles. The lowest BCUT2D eigenvalue weighted by Gasteiger charge is -2.12. The van der Waals surface area contributed by atoms with Crippen LogP contribution in [-0.2, 0) is 13.0 Å². The van der Waals surface area contributed by atoms with E-state index in [-0.39, 0.29) is 5.91 Å². The quantitative estimate of drug-likeness (QED) is 0.374. The summed E-state index contributed by atoms with van der Waals surface area (Å²) in [5.41, 5.74) is 4.81. The minimum atomic E-state index is -0.0949. The Balaban J connectivity index is 1.59. The number of carbonyl (C=O) groups is 1. The van der Waals surface area contributed by atoms with E-state index in [4.69, 9.17) is 4.42 Å². The third-order valence-corrected chi connectivity index (χ3v) is 5.59. The Morgan fingerprint density at radius 2 is 1.77 bits per heavy atom. The zero-order valence-corrected chi connectivity index (χ0v) is 18.4. The summed E-state index contributed by atoms with van der Waals surface area (Å²) in [7, 11) is 0. The van der Waals surface area contributed by atoms with Crippen LogP contribution in [0, 0.1) is 6.92 Å². The summed E-state index contributed by atoms with van der Waals surface area (Å²) in [6, 6.07) is 22.0. The van der Waals surface area contributed by atoms with Gasteiger partial charge in [0.2, 0.25) is 0 Å². The van der Waals surface area contributed by atoms with E-state index in [0.717, 1.165) is 27.6 Å². The third kappa shape index (κ3) is 4.57. The Kier molecular flexibility index (Phi) is 6.19. The van der Waals surface area contributed by atoms with Crippen molar-refractivity contribution in [1.29, 1.82) is 0 Å². The van der Waals surface area contributed by atoms with Gasteiger partial charge in [0.25, 0.3) is 5.91 Å². The molecule has 5 heteroatoms. The number of nitrogens with zero attached hydrogens (tertiary/aromatic N) is 1. The molecule has 1 N–H and O–H groups in total. The fourth-order valence-electron chi connectivity index (χ4n) is 3.63. The van der Waals surface area contributed by atoms with Crippen LogP contribution in [0.5, 0.6) is 0 Å². The molecule has 0 fully saturated rings. The molecule has 4 nitrogen and oxygen atoms in total. The van der Waals surface area contributed by atoms with Crippen molar-refractivity contribution in [3.8, 4) is 11.3 Å². The molecule has 0 aliphatic carbocycles. The fraction of sp³-hybridized carbons (Fsp3) is 0.160. The highest BCUT2D eigenvalue weighted by atomic mass is 79.9. The van der Waals surface area contributed by atoms with Crippen LogP contribution in [0.25, 0.3) is 11.3 Å². The van der Waals surface area contributed by atoms with Gasteiger partial charge in [0.15, 0.2) is 0 Å². The maximum atomic E-state index is 13.2. The number of amides is 1. The second-order valence-electron chi connectivity index (χ2n) is 7.26. The highest BCUT2D eigenvalue weighted by Crippen LogP contribution is 2.30. The lowest BCUT2D eigenvalue weighted by molar-refractivity contribution is 0.0946. The number of nitrogens with one attached hydrogen (secondary N) is 1. The first kappa shape index (κ1) is 20.2. The van der Waals surface area contributed by atoms with Gasteiger partial charge in [-0.3, -0.25) is 4.79 Å². The lowest BCUT2D eigenvalue weighted by Crippen LogP contribution is -2.28. The minimum Gasteiger partial charge on any atom is -0.464 e. The van der Waals surface area contributed by atoms with Crippen LogP contribution >= 0.6 is 15.9 Å². The summed E-state index contributed by atoms with van der Waals surface area (Å²) >= 11 is 3.45. The lowest BCUT2D eigenvalue weighted by atomic mass is 10.1. The van der Waals surface area contributed by atoms with Crippen molar-refractivity contribution in [1.82, 2.24) is 9.88 Å². The third-order valence-electron chi connectivity index (χ3n) is 5.06. The first-order valence-corrected chi connectivity index (χ1v) is 10.7. The Hall–Kier alpha value is -3.05. The number of hydrogen-bond acceptors (Lipinski definition) is 2. The van der Waals surface area contributed by atoms with Crippen molar-refractivity contribution in [3.63, 3.8) is 0 Å². The second-order valence-corrected chi connectivity index (χ2v) is 8.17. The van der Waals surface area contributed by atoms with Gasteiger partial charge < -0.3 is 14.3 Å². The Bertz CT molecular complexity index is 1110. The molecule has 0 unspecified atom stereocenters. The highest BCUT2D eigenvalue weighted by molar-refractivity contribution is 9.10. The van der Waals surface area contributed by atoms with Crippen molar-refractivity contribution < 1.29 is 9.21 Å². The SMILES string of the molecule is Cc1cn(Cc2ccccc2)c(C(=O)NCCc2ccc(Br)cc2)c1-c1ccco1. The molecular formula is C25H23BrN2O2. The standard InChI is InChI=1S/C25H23BrN2O2/c1-18-16-28(17-20-6-3-2-4-7-20)24(23(18)22-8-5-15-30-22)25(29)27-14-13-19-9-11-21(26)12-10-19/h2-12,15-16H,13-14,17H2,1H3,(H,27,29). The van der Waals surface area contributed by atoms with Gasteiger partial charge >= 0.3 is 0 Å². The number of benzene rings is 2. The van der Waals surface area contributed by atoms with Gasteiger partial charge in [0.05, 0.1) is 11.8 Å². The first-order chi connectivity index (χ1) is 14.6. The fourth-order valence-corrected chi connectivity index (χ4v) is 3.89. The molecule has 0 aliphatic rings. The Morgan fingerprint density at radius 3 is 2.47 bits per heavy atom. The second kappa shape index (κ2) is 9.18. The molecule has 0 saturated heterocycles. The van der Waals surface area contributed by atoms with E-state index in [2.05, 4.69) is 45.5 Å². The van der Waals surface area contributed by atoms with Crippen molar-refractivity contribution in [2.75, 3.05) is 6.54 Å². The van der Waals surface area contributed by atoms with Gasteiger partial charge in [-0.05, 0) is 54.3 Å². The van der Waals surface area contributed by atoms with Gasteiger partial charge in [0.1, 0.15) is 11.5 Å². The predicted molar refractivity (Wildman–Crippen MR) is 123 cm³/mol. The number of furan rings is 1. The van der Waals surface area contributed by atoms with Crippen LogP contribution in [-0.4, -0.2) is 17.0 Å². The van der Waals surface area contributed by atoms with Gasteiger partial charge in [-0.2, -0.15) is 0 Å². The van der Waals surface area contributed by atoms with Crippen LogP contribution in [0.3, 0.4) is 0 Å². The molecule has 2 aromatic heterocycles. The maximum absolute atomic E-state index is 13.2. The molecule has 0 aliphatic heterocycles. The molecule has 2 heterocycles. The smallest absolute Gasteiger partial charge is 0.268 e. The highest BCUT2D eigenvalue weighted by Gasteiger charge is 2.23. The van der Waals surface area contributed by atoms with Gasteiger partial charge in [0, 0.05) is 23.8 Å². The molecule has 4 rings (SSSR count). The van der Waals surface area contributed by atoms with Crippen LogP contribution in [0.2, 0.25) is 0 Å². The van der Waals surface area contributed by atoms with Gasteiger partial charge in [-0.1, -0.05) is 58.4 Å². The molecule has 0 bridgehead atoms. The molecule has 0 saturated carbocycles. The number of carbonyl (C=O) groups excluding carboxylic acids is 1. The summed E-state index contributed by atoms with van der Waals surface area (Å²) < 4.78 is 8.70. The van der Waals surface area contributed by atoms with Crippen LogP contribution in [0.4, 0.5) is 0 Å². The summed E-state index contributed by atoms with van der Waals surface area (Å²) in [5, 5.41) is 3.09. The van der Waals surface area contributed by atoms with E-state index in [1.165, 1.54) is 5.56 Å². The van der Waals surface area contributed by atoms with E-state index in [1.807, 2.05) is 60.2 Å². The number of halogens is 1. The average Bonchev–Trinajstić information content (AvgIpc) is 3.38. The number of aryl methyl sites for hydroxylation is 1. The van der Waals surface area contributed by atoms with E-state index in [1.54, 1.807) is 6.26 Å². The van der Waals surface area contributed by atoms with Crippen molar-refractivity contribution in [2.45, 2.75) is 19.9 Å². The number of aromatic nitrogens is 1. The Morgan fingerprint density at radius 1 is 1.00 bits per heavy atom. The molecule has 0 radical (unpaired) electrons. The van der Waals surface area contributed by atoms with E-state index in [0.29, 0.717) is 24.5 Å². The summed E-state index contributed by atoms with van der Waals surface area (Å²) in [4.78, 5) is 13.2. The van der Waals surface area contributed by atoms with Crippen LogP contribution < -0.4 is 5.32 Å². The zero-order valence-electron chi connectivity index (χ0n) is 16.8. The molecule has 0 atom stereocenters. The zero-order chi connectivity index (χ0) is 20.9. The van der Waals surface area contributed by atoms with Gasteiger partial charge in [-0.25, -0.2) is 0 Å². The van der Waals surface area contributed by atoms with E-state index < -0.39 is 0 Å². The average molecular weight is 463 g/mol. The largest absolute Gasteiger partial charge is 0.464 e. The first-order valence-electron chi connectivity index (χ1n) is 9.92. The van der Waals surface area contributed by atoms with E-state index in [9.17, 15) is 4.79 Å². The normalized spacial score (nSPS) is 10.9.